The lowest BCUT2D eigenvalue weighted by Crippen LogP contribution is -2.34. The molecule has 2 atom stereocenters. The summed E-state index contributed by atoms with van der Waals surface area (Å²) in [7, 11) is 0. The van der Waals surface area contributed by atoms with Crippen molar-refractivity contribution < 1.29 is 23.5 Å². The largest absolute Gasteiger partial charge is 0.462 e. The zero-order chi connectivity index (χ0) is 16.9. The van der Waals surface area contributed by atoms with Gasteiger partial charge in [-0.3, -0.25) is 14.9 Å². The van der Waals surface area contributed by atoms with Gasteiger partial charge in [0.25, 0.3) is 5.69 Å². The Morgan fingerprint density at radius 1 is 1.32 bits per heavy atom. The van der Waals surface area contributed by atoms with Gasteiger partial charge in [-0.15, -0.1) is 0 Å². The Hall–Kier alpha value is -1.63. The van der Waals surface area contributed by atoms with Crippen LogP contribution in [0.2, 0.25) is 0 Å². The van der Waals surface area contributed by atoms with Crippen LogP contribution in [0.15, 0.2) is 24.3 Å². The van der Waals surface area contributed by atoms with Crippen molar-refractivity contribution in [1.82, 2.24) is 5.09 Å². The van der Waals surface area contributed by atoms with E-state index in [0.717, 1.165) is 0 Å². The van der Waals surface area contributed by atoms with E-state index in [9.17, 15) is 19.5 Å². The Bertz CT molecular complexity index is 592. The van der Waals surface area contributed by atoms with Crippen LogP contribution in [0.4, 0.5) is 5.69 Å². The lowest BCUT2D eigenvalue weighted by atomic mass is 10.3. The maximum atomic E-state index is 12.1. The summed E-state index contributed by atoms with van der Waals surface area (Å²) in [5.74, 6) is -0.552. The maximum absolute atomic E-state index is 12.1. The van der Waals surface area contributed by atoms with E-state index in [-0.39, 0.29) is 17.5 Å². The summed E-state index contributed by atoms with van der Waals surface area (Å²) in [6.45, 7) is 0.932. The number of halogens is 1. The molecule has 1 aromatic carbocycles. The molecule has 0 aromatic heterocycles. The number of carbonyl (C=O) groups is 1. The molecule has 0 aliphatic carbocycles. The number of nitro benzene ring substituents is 1. The fraction of sp³-hybridized carbons (Fsp3) is 0.417. The minimum absolute atomic E-state index is 0.0702. The van der Waals surface area contributed by atoms with Crippen molar-refractivity contribution in [2.45, 2.75) is 32.9 Å². The summed E-state index contributed by atoms with van der Waals surface area (Å²) in [4.78, 5) is 21.6. The topological polar surface area (TPSA) is 108 Å². The molecule has 0 saturated carbocycles. The van der Waals surface area contributed by atoms with Gasteiger partial charge < -0.3 is 9.26 Å². The summed E-state index contributed by atoms with van der Waals surface area (Å²) in [6.07, 6.45) is -0.318. The number of non-ortho nitro benzene ring substituents is 1. The minimum Gasteiger partial charge on any atom is -0.462 e. The summed E-state index contributed by atoms with van der Waals surface area (Å²) in [6, 6.07) is 3.94. The smallest absolute Gasteiger partial charge is 0.409 e. The zero-order valence-electron chi connectivity index (χ0n) is 12.2. The number of benzene rings is 1. The lowest BCUT2D eigenvalue weighted by Gasteiger charge is -2.19. The van der Waals surface area contributed by atoms with Gasteiger partial charge >= 0.3 is 12.8 Å². The molecule has 1 N–H and O–H groups in total. The van der Waals surface area contributed by atoms with Crippen LogP contribution in [0.5, 0.6) is 5.75 Å². The van der Waals surface area contributed by atoms with Gasteiger partial charge in [0, 0.05) is 23.4 Å². The highest BCUT2D eigenvalue weighted by Gasteiger charge is 2.28. The molecule has 1 unspecified atom stereocenters. The summed E-state index contributed by atoms with van der Waals surface area (Å²) < 4.78 is 22.1. The number of hydrogen-bond acceptors (Lipinski definition) is 6. The summed E-state index contributed by atoms with van der Waals surface area (Å²) in [5, 5.41) is 12.9. The highest BCUT2D eigenvalue weighted by molar-refractivity contribution is 7.84. The number of hydrogen-bond donors (Lipinski definition) is 1. The van der Waals surface area contributed by atoms with Gasteiger partial charge in [0.1, 0.15) is 11.8 Å². The van der Waals surface area contributed by atoms with E-state index in [1.54, 1.807) is 13.8 Å². The third kappa shape index (κ3) is 6.01. The first-order valence-electron chi connectivity index (χ1n) is 6.33. The second-order valence-electron chi connectivity index (χ2n) is 4.66. The van der Waals surface area contributed by atoms with Crippen LogP contribution in [0.1, 0.15) is 20.8 Å². The molecule has 0 spiro atoms. The summed E-state index contributed by atoms with van der Waals surface area (Å²) in [5.41, 5.74) is -0.140. The third-order valence-electron chi connectivity index (χ3n) is 2.32. The predicted molar refractivity (Wildman–Crippen MR) is 81.0 cm³/mol. The molecule has 0 saturated heterocycles. The molecule has 1 aromatic rings. The van der Waals surface area contributed by atoms with E-state index in [2.05, 4.69) is 5.09 Å². The van der Waals surface area contributed by atoms with E-state index in [4.69, 9.17) is 20.5 Å². The number of ether oxygens (including phenoxy) is 1. The van der Waals surface area contributed by atoms with E-state index < -0.39 is 23.8 Å². The minimum atomic E-state index is -3.86. The van der Waals surface area contributed by atoms with Gasteiger partial charge in [0.2, 0.25) is 0 Å². The van der Waals surface area contributed by atoms with Crippen LogP contribution in [0.25, 0.3) is 0 Å². The van der Waals surface area contributed by atoms with Gasteiger partial charge in [0.15, 0.2) is 0 Å². The average Bonchev–Trinajstić information content (AvgIpc) is 2.37. The molecular formula is C12H16ClN2O6P. The Balaban J connectivity index is 2.68. The first kappa shape index (κ1) is 18.4. The van der Waals surface area contributed by atoms with Crippen LogP contribution in [-0.2, 0) is 14.1 Å². The van der Waals surface area contributed by atoms with Crippen LogP contribution in [0, 0.1) is 10.1 Å². The predicted octanol–water partition coefficient (Wildman–Crippen LogP) is 3.25. The lowest BCUT2D eigenvalue weighted by molar-refractivity contribution is -0.384. The average molecular weight is 351 g/mol. The SMILES string of the molecule is CC(C)OC(=O)[C@H](C)NP(=O)(Cl)Oc1ccc([N+](=O)[O-])cc1. The molecule has 1 rings (SSSR count). The van der Waals surface area contributed by atoms with Gasteiger partial charge in [-0.05, 0) is 32.9 Å². The van der Waals surface area contributed by atoms with Crippen molar-refractivity contribution in [3.8, 4) is 5.75 Å². The van der Waals surface area contributed by atoms with E-state index >= 15 is 0 Å². The van der Waals surface area contributed by atoms with Gasteiger partial charge in [-0.2, -0.15) is 0 Å². The van der Waals surface area contributed by atoms with Gasteiger partial charge in [0.05, 0.1) is 11.0 Å². The van der Waals surface area contributed by atoms with Crippen molar-refractivity contribution in [3.63, 3.8) is 0 Å². The molecule has 22 heavy (non-hydrogen) atoms. The highest BCUT2D eigenvalue weighted by atomic mass is 35.7. The van der Waals surface area contributed by atoms with Crippen LogP contribution in [-0.4, -0.2) is 23.0 Å². The highest BCUT2D eigenvalue weighted by Crippen LogP contribution is 2.48. The van der Waals surface area contributed by atoms with Crippen molar-refractivity contribution in [2.24, 2.45) is 0 Å². The number of nitro groups is 1. The quantitative estimate of drug-likeness (QED) is 0.348. The molecule has 0 radical (unpaired) electrons. The monoisotopic (exact) mass is 350 g/mol. The molecule has 0 aliphatic rings. The van der Waals surface area contributed by atoms with Gasteiger partial charge in [-0.25, -0.2) is 9.65 Å². The number of esters is 1. The normalized spacial score (nSPS) is 15.0. The standard InChI is InChI=1S/C12H16ClN2O6P/c1-8(2)20-12(16)9(3)14-22(13,19)21-11-6-4-10(5-7-11)15(17)18/h4-9H,1-3H3,(H,14,19)/t9-,22?/m0/s1. The Morgan fingerprint density at radius 3 is 2.32 bits per heavy atom. The Morgan fingerprint density at radius 2 is 1.86 bits per heavy atom. The second-order valence-corrected chi connectivity index (χ2v) is 7.39. The van der Waals surface area contributed by atoms with Crippen LogP contribution >= 0.6 is 18.1 Å². The molecule has 0 heterocycles. The van der Waals surface area contributed by atoms with E-state index in [1.165, 1.54) is 31.2 Å². The Labute approximate surface area is 132 Å². The number of nitrogens with zero attached hydrogens (tertiary/aromatic N) is 1. The van der Waals surface area contributed by atoms with Crippen molar-refractivity contribution in [1.29, 1.82) is 0 Å². The number of carbonyl (C=O) groups excluding carboxylic acids is 1. The first-order valence-corrected chi connectivity index (χ1v) is 8.86. The van der Waals surface area contributed by atoms with Crippen molar-refractivity contribution >= 4 is 29.8 Å². The first-order chi connectivity index (χ1) is 10.1. The summed E-state index contributed by atoms with van der Waals surface area (Å²) >= 11 is 5.73. The Kier molecular flexibility index (Phi) is 6.34. The molecule has 0 amide bonds. The van der Waals surface area contributed by atoms with E-state index in [0.29, 0.717) is 0 Å². The molecule has 122 valence electrons. The van der Waals surface area contributed by atoms with Crippen molar-refractivity contribution in [2.75, 3.05) is 0 Å². The molecule has 10 heteroatoms. The second kappa shape index (κ2) is 7.58. The van der Waals surface area contributed by atoms with Crippen LogP contribution < -0.4 is 9.61 Å². The molecule has 0 bridgehead atoms. The fourth-order valence-electron chi connectivity index (χ4n) is 1.41. The molecular weight excluding hydrogens is 335 g/mol. The molecule has 8 nitrogen and oxygen atoms in total. The van der Waals surface area contributed by atoms with Crippen molar-refractivity contribution in [3.05, 3.63) is 34.4 Å². The van der Waals surface area contributed by atoms with Gasteiger partial charge in [-0.1, -0.05) is 0 Å². The number of nitrogens with one attached hydrogen (secondary N) is 1. The third-order valence-corrected chi connectivity index (χ3v) is 3.96. The maximum Gasteiger partial charge on any atom is 0.409 e. The zero-order valence-corrected chi connectivity index (χ0v) is 13.8. The fourth-order valence-corrected chi connectivity index (χ4v) is 3.10. The number of rotatable bonds is 7. The molecule has 0 fully saturated rings. The van der Waals surface area contributed by atoms with Crippen LogP contribution in [0.3, 0.4) is 0 Å². The molecule has 0 aliphatic heterocycles. The van der Waals surface area contributed by atoms with E-state index in [1.807, 2.05) is 0 Å².